The molecule has 0 aliphatic carbocycles. The lowest BCUT2D eigenvalue weighted by molar-refractivity contribution is -0.118. The van der Waals surface area contributed by atoms with Crippen LogP contribution in [-0.4, -0.2) is 5.78 Å². The molecule has 0 aromatic heterocycles. The molecule has 0 aliphatic rings. The smallest absolute Gasteiger partial charge is 0.137 e. The highest BCUT2D eigenvalue weighted by Gasteiger charge is 2.14. The molecule has 0 spiro atoms. The Hall–Kier alpha value is -2.15. The molecule has 1 nitrogen and oxygen atoms in total. The SMILES string of the molecule is CC(=O)C(C/C=C\c1cccc(C)c1)c1ccccc1. The van der Waals surface area contributed by atoms with Gasteiger partial charge in [0, 0.05) is 5.92 Å². The molecule has 1 heteroatoms. The molecular weight excluding hydrogens is 244 g/mol. The number of Topliss-reactive ketones (excluding diaryl/α,β-unsaturated/α-hetero) is 1. The second-order valence-electron chi connectivity index (χ2n) is 5.13. The Morgan fingerprint density at radius 2 is 1.85 bits per heavy atom. The van der Waals surface area contributed by atoms with Crippen LogP contribution in [0.3, 0.4) is 0 Å². The summed E-state index contributed by atoms with van der Waals surface area (Å²) in [5.41, 5.74) is 3.52. The molecule has 0 radical (unpaired) electrons. The van der Waals surface area contributed by atoms with Crippen molar-refractivity contribution in [2.24, 2.45) is 0 Å². The average molecular weight is 264 g/mol. The second-order valence-corrected chi connectivity index (χ2v) is 5.13. The van der Waals surface area contributed by atoms with Gasteiger partial charge in [0.1, 0.15) is 5.78 Å². The molecule has 0 fully saturated rings. The summed E-state index contributed by atoms with van der Waals surface area (Å²) in [5, 5.41) is 0. The van der Waals surface area contributed by atoms with E-state index in [1.807, 2.05) is 30.3 Å². The monoisotopic (exact) mass is 264 g/mol. The Labute approximate surface area is 121 Å². The number of hydrogen-bond donors (Lipinski definition) is 0. The Kier molecular flexibility index (Phi) is 4.89. The Morgan fingerprint density at radius 3 is 2.50 bits per heavy atom. The molecular formula is C19H20O. The van der Waals surface area contributed by atoms with Crippen molar-refractivity contribution in [3.8, 4) is 0 Å². The van der Waals surface area contributed by atoms with Gasteiger partial charge < -0.3 is 0 Å². The van der Waals surface area contributed by atoms with Crippen molar-refractivity contribution in [3.05, 3.63) is 77.4 Å². The van der Waals surface area contributed by atoms with Gasteiger partial charge in [0.05, 0.1) is 0 Å². The summed E-state index contributed by atoms with van der Waals surface area (Å²) < 4.78 is 0. The predicted octanol–water partition coefficient (Wildman–Crippen LogP) is 4.77. The molecule has 0 saturated heterocycles. The van der Waals surface area contributed by atoms with Gasteiger partial charge in [-0.2, -0.15) is 0 Å². The van der Waals surface area contributed by atoms with Crippen molar-refractivity contribution in [2.45, 2.75) is 26.2 Å². The van der Waals surface area contributed by atoms with Crippen molar-refractivity contribution in [1.82, 2.24) is 0 Å². The van der Waals surface area contributed by atoms with Crippen molar-refractivity contribution in [1.29, 1.82) is 0 Å². The van der Waals surface area contributed by atoms with Gasteiger partial charge in [-0.3, -0.25) is 4.79 Å². The number of ketones is 1. The average Bonchev–Trinajstić information content (AvgIpc) is 2.44. The number of rotatable bonds is 5. The fourth-order valence-corrected chi connectivity index (χ4v) is 2.34. The third-order valence-electron chi connectivity index (χ3n) is 3.42. The van der Waals surface area contributed by atoms with Crippen LogP contribution in [0.15, 0.2) is 60.7 Å². The summed E-state index contributed by atoms with van der Waals surface area (Å²) in [6.45, 7) is 3.75. The van der Waals surface area contributed by atoms with E-state index in [-0.39, 0.29) is 11.7 Å². The van der Waals surface area contributed by atoms with Gasteiger partial charge in [-0.05, 0) is 31.4 Å². The maximum atomic E-state index is 11.8. The maximum Gasteiger partial charge on any atom is 0.137 e. The zero-order chi connectivity index (χ0) is 14.4. The normalized spacial score (nSPS) is 12.5. The number of benzene rings is 2. The van der Waals surface area contributed by atoms with Gasteiger partial charge in [0.15, 0.2) is 0 Å². The van der Waals surface area contributed by atoms with E-state index in [4.69, 9.17) is 0 Å². The minimum absolute atomic E-state index is 0.0442. The lowest BCUT2D eigenvalue weighted by Crippen LogP contribution is -2.07. The number of carbonyl (C=O) groups is 1. The number of carbonyl (C=O) groups excluding carboxylic acids is 1. The second kappa shape index (κ2) is 6.85. The minimum atomic E-state index is -0.0442. The highest BCUT2D eigenvalue weighted by Crippen LogP contribution is 2.21. The molecule has 0 aliphatic heterocycles. The molecule has 2 aromatic carbocycles. The molecule has 2 aromatic rings. The highest BCUT2D eigenvalue weighted by molar-refractivity contribution is 5.83. The van der Waals surface area contributed by atoms with Crippen LogP contribution in [0, 0.1) is 6.92 Å². The summed E-state index contributed by atoms with van der Waals surface area (Å²) in [6.07, 6.45) is 4.92. The van der Waals surface area contributed by atoms with E-state index in [9.17, 15) is 4.79 Å². The van der Waals surface area contributed by atoms with Crippen LogP contribution in [0.4, 0.5) is 0 Å². The van der Waals surface area contributed by atoms with Crippen LogP contribution in [0.2, 0.25) is 0 Å². The first-order valence-electron chi connectivity index (χ1n) is 6.95. The van der Waals surface area contributed by atoms with Crippen LogP contribution in [0.1, 0.15) is 36.0 Å². The molecule has 0 N–H and O–H groups in total. The topological polar surface area (TPSA) is 17.1 Å². The van der Waals surface area contributed by atoms with Crippen LogP contribution < -0.4 is 0 Å². The fraction of sp³-hybridized carbons (Fsp3) is 0.211. The summed E-state index contributed by atoms with van der Waals surface area (Å²) in [7, 11) is 0. The molecule has 0 saturated carbocycles. The highest BCUT2D eigenvalue weighted by atomic mass is 16.1. The van der Waals surface area contributed by atoms with E-state index in [2.05, 4.69) is 43.3 Å². The first kappa shape index (κ1) is 14.3. The third kappa shape index (κ3) is 3.92. The minimum Gasteiger partial charge on any atom is -0.299 e. The number of hydrogen-bond acceptors (Lipinski definition) is 1. The molecule has 0 bridgehead atoms. The molecule has 0 heterocycles. The van der Waals surface area contributed by atoms with Crippen molar-refractivity contribution in [2.75, 3.05) is 0 Å². The van der Waals surface area contributed by atoms with Crippen molar-refractivity contribution in [3.63, 3.8) is 0 Å². The summed E-state index contributed by atoms with van der Waals surface area (Å²) in [5.74, 6) is 0.169. The number of aryl methyl sites for hydroxylation is 1. The van der Waals surface area contributed by atoms with Gasteiger partial charge in [-0.1, -0.05) is 72.3 Å². The lowest BCUT2D eigenvalue weighted by Gasteiger charge is -2.11. The zero-order valence-corrected chi connectivity index (χ0v) is 12.0. The van der Waals surface area contributed by atoms with Crippen LogP contribution in [0.25, 0.3) is 6.08 Å². The van der Waals surface area contributed by atoms with Gasteiger partial charge >= 0.3 is 0 Å². The quantitative estimate of drug-likeness (QED) is 0.760. The largest absolute Gasteiger partial charge is 0.299 e. The summed E-state index contributed by atoms with van der Waals surface area (Å²) in [4.78, 5) is 11.8. The van der Waals surface area contributed by atoms with Gasteiger partial charge in [-0.15, -0.1) is 0 Å². The summed E-state index contributed by atoms with van der Waals surface area (Å²) in [6, 6.07) is 18.3. The fourth-order valence-electron chi connectivity index (χ4n) is 2.34. The van der Waals surface area contributed by atoms with Gasteiger partial charge in [0.25, 0.3) is 0 Å². The van der Waals surface area contributed by atoms with Gasteiger partial charge in [0.2, 0.25) is 0 Å². The number of allylic oxidation sites excluding steroid dienone is 1. The first-order chi connectivity index (χ1) is 9.66. The van der Waals surface area contributed by atoms with Crippen LogP contribution in [-0.2, 0) is 4.79 Å². The first-order valence-corrected chi connectivity index (χ1v) is 6.95. The molecule has 2 rings (SSSR count). The van der Waals surface area contributed by atoms with E-state index >= 15 is 0 Å². The van der Waals surface area contributed by atoms with E-state index in [0.717, 1.165) is 12.0 Å². The standard InChI is InChI=1S/C19H20O/c1-15-8-6-9-17(14-15)10-7-13-19(16(2)20)18-11-4-3-5-12-18/h3-12,14,19H,13H2,1-2H3/b10-7-. The van der Waals surface area contributed by atoms with Crippen molar-refractivity contribution >= 4 is 11.9 Å². The van der Waals surface area contributed by atoms with Crippen LogP contribution in [0.5, 0.6) is 0 Å². The van der Waals surface area contributed by atoms with E-state index < -0.39 is 0 Å². The van der Waals surface area contributed by atoms with Crippen molar-refractivity contribution < 1.29 is 4.79 Å². The molecule has 1 atom stereocenters. The zero-order valence-electron chi connectivity index (χ0n) is 12.0. The Morgan fingerprint density at radius 1 is 1.10 bits per heavy atom. The van der Waals surface area contributed by atoms with Crippen LogP contribution >= 0.6 is 0 Å². The predicted molar refractivity (Wildman–Crippen MR) is 84.7 cm³/mol. The maximum absolute atomic E-state index is 11.8. The lowest BCUT2D eigenvalue weighted by atomic mass is 9.92. The third-order valence-corrected chi connectivity index (χ3v) is 3.42. The molecule has 102 valence electrons. The van der Waals surface area contributed by atoms with E-state index in [0.29, 0.717) is 0 Å². The molecule has 0 amide bonds. The Balaban J connectivity index is 2.09. The van der Waals surface area contributed by atoms with Gasteiger partial charge in [-0.25, -0.2) is 0 Å². The molecule has 20 heavy (non-hydrogen) atoms. The van der Waals surface area contributed by atoms with E-state index in [1.54, 1.807) is 6.92 Å². The summed E-state index contributed by atoms with van der Waals surface area (Å²) >= 11 is 0. The van der Waals surface area contributed by atoms with E-state index in [1.165, 1.54) is 11.1 Å². The molecule has 1 unspecified atom stereocenters. The Bertz CT molecular complexity index is 596.